The van der Waals surface area contributed by atoms with Crippen molar-refractivity contribution in [2.75, 3.05) is 19.5 Å². The highest BCUT2D eigenvalue weighted by atomic mass is 16.5. The number of nitrogens with one attached hydrogen (secondary N) is 1. The highest BCUT2D eigenvalue weighted by Crippen LogP contribution is 2.18. The van der Waals surface area contributed by atoms with Crippen molar-refractivity contribution in [2.24, 2.45) is 0 Å². The number of carbonyl (C=O) groups excluding carboxylic acids is 1. The summed E-state index contributed by atoms with van der Waals surface area (Å²) in [5, 5.41) is 3.33. The third-order valence-corrected chi connectivity index (χ3v) is 5.80. The molecule has 1 aromatic carbocycles. The third-order valence-electron chi connectivity index (χ3n) is 5.80. The van der Waals surface area contributed by atoms with E-state index in [4.69, 9.17) is 15.5 Å². The number of nitrogen functional groups attached to an aromatic ring is 1. The van der Waals surface area contributed by atoms with Crippen LogP contribution in [0.25, 0.3) is 16.7 Å². The van der Waals surface area contributed by atoms with Gasteiger partial charge in [0.15, 0.2) is 0 Å². The van der Waals surface area contributed by atoms with E-state index < -0.39 is 0 Å². The summed E-state index contributed by atoms with van der Waals surface area (Å²) in [5.41, 5.74) is 9.35. The van der Waals surface area contributed by atoms with E-state index in [1.165, 1.54) is 4.40 Å². The van der Waals surface area contributed by atoms with Crippen LogP contribution in [0.2, 0.25) is 0 Å². The number of amides is 1. The quantitative estimate of drug-likeness (QED) is 0.258. The molecule has 1 amide bonds. The predicted molar refractivity (Wildman–Crippen MR) is 127 cm³/mol. The number of methoxy groups -OCH3 is 1. The zero-order valence-electron chi connectivity index (χ0n) is 19.0. The standard InChI is InChI=1S/C25H27N5O3/c1-16-9-7-12-30-22(16)28-23-20(25(30)32)15-19(21(26)29(23)13-8-14-33-3)24(31)27-17(2)18-10-5-4-6-11-18/h4-7,9-12,15,17,26H,8,13-14H2,1-3H3,(H,27,31)/p+1/t17-/m0/s1. The monoisotopic (exact) mass is 446 g/mol. The first-order valence-electron chi connectivity index (χ1n) is 10.9. The Bertz CT molecular complexity index is 1380. The average molecular weight is 447 g/mol. The number of fused-ring (bicyclic) bond motifs is 2. The van der Waals surface area contributed by atoms with Crippen LogP contribution in [-0.4, -0.2) is 29.0 Å². The van der Waals surface area contributed by atoms with E-state index in [-0.39, 0.29) is 28.9 Å². The van der Waals surface area contributed by atoms with Crippen molar-refractivity contribution >= 4 is 28.4 Å². The van der Waals surface area contributed by atoms with Crippen molar-refractivity contribution in [3.63, 3.8) is 0 Å². The normalized spacial score (nSPS) is 12.2. The first-order valence-corrected chi connectivity index (χ1v) is 10.9. The maximum absolute atomic E-state index is 13.4. The Labute approximate surface area is 191 Å². The first-order chi connectivity index (χ1) is 15.9. The number of hydrogen-bond acceptors (Lipinski definition) is 5. The van der Waals surface area contributed by atoms with Gasteiger partial charge in [-0.25, -0.2) is 4.57 Å². The van der Waals surface area contributed by atoms with Crippen LogP contribution in [0.1, 0.15) is 40.9 Å². The molecule has 0 bridgehead atoms. The summed E-state index contributed by atoms with van der Waals surface area (Å²) in [6.45, 7) is 4.78. The number of rotatable bonds is 7. The molecular formula is C25H28N5O3+. The number of pyridine rings is 2. The summed E-state index contributed by atoms with van der Waals surface area (Å²) in [6.07, 6.45) is 2.33. The molecule has 0 fully saturated rings. The second kappa shape index (κ2) is 9.38. The van der Waals surface area contributed by atoms with E-state index >= 15 is 0 Å². The lowest BCUT2D eigenvalue weighted by molar-refractivity contribution is -0.659. The molecule has 0 aliphatic heterocycles. The van der Waals surface area contributed by atoms with Gasteiger partial charge in [-0.3, -0.25) is 14.0 Å². The van der Waals surface area contributed by atoms with Gasteiger partial charge in [-0.2, -0.15) is 0 Å². The number of carbonyl (C=O) groups is 1. The number of anilines is 1. The highest BCUT2D eigenvalue weighted by Gasteiger charge is 2.25. The van der Waals surface area contributed by atoms with Crippen molar-refractivity contribution in [1.29, 1.82) is 0 Å². The number of aryl methyl sites for hydroxylation is 2. The fraction of sp³-hybridized carbons (Fsp3) is 0.280. The Morgan fingerprint density at radius 3 is 2.73 bits per heavy atom. The smallest absolute Gasteiger partial charge is 0.278 e. The molecule has 0 spiro atoms. The summed E-state index contributed by atoms with van der Waals surface area (Å²) in [7, 11) is 1.63. The molecule has 0 aliphatic rings. The van der Waals surface area contributed by atoms with Crippen LogP contribution in [0, 0.1) is 6.92 Å². The predicted octanol–water partition coefficient (Wildman–Crippen LogP) is 2.55. The molecule has 0 saturated carbocycles. The van der Waals surface area contributed by atoms with Crippen LogP contribution < -0.4 is 21.2 Å². The van der Waals surface area contributed by atoms with Crippen molar-refractivity contribution in [2.45, 2.75) is 32.9 Å². The molecule has 3 aromatic heterocycles. The molecule has 8 heteroatoms. The van der Waals surface area contributed by atoms with Crippen molar-refractivity contribution in [3.05, 3.63) is 81.8 Å². The minimum absolute atomic E-state index is 0.228. The number of hydrogen-bond donors (Lipinski definition) is 2. The minimum atomic E-state index is -0.347. The Morgan fingerprint density at radius 2 is 2.00 bits per heavy atom. The van der Waals surface area contributed by atoms with Crippen LogP contribution >= 0.6 is 0 Å². The van der Waals surface area contributed by atoms with Crippen LogP contribution in [-0.2, 0) is 11.3 Å². The van der Waals surface area contributed by atoms with Gasteiger partial charge in [-0.05, 0) is 31.5 Å². The molecular weight excluding hydrogens is 418 g/mol. The van der Waals surface area contributed by atoms with Gasteiger partial charge in [0.1, 0.15) is 10.9 Å². The van der Waals surface area contributed by atoms with E-state index in [0.29, 0.717) is 36.3 Å². The Morgan fingerprint density at radius 1 is 1.24 bits per heavy atom. The number of ether oxygens (including phenoxy) is 1. The Balaban J connectivity index is 1.86. The second-order valence-corrected chi connectivity index (χ2v) is 8.09. The van der Waals surface area contributed by atoms with E-state index in [1.54, 1.807) is 30.0 Å². The molecule has 170 valence electrons. The minimum Gasteiger partial charge on any atom is -0.385 e. The first kappa shape index (κ1) is 22.4. The van der Waals surface area contributed by atoms with E-state index in [2.05, 4.69) is 5.32 Å². The lowest BCUT2D eigenvalue weighted by Crippen LogP contribution is -2.43. The number of aromatic nitrogens is 3. The summed E-state index contributed by atoms with van der Waals surface area (Å²) >= 11 is 0. The molecule has 33 heavy (non-hydrogen) atoms. The van der Waals surface area contributed by atoms with Gasteiger partial charge in [0, 0.05) is 31.9 Å². The van der Waals surface area contributed by atoms with E-state index in [0.717, 1.165) is 11.1 Å². The molecule has 8 nitrogen and oxygen atoms in total. The lowest BCUT2D eigenvalue weighted by atomic mass is 10.1. The van der Waals surface area contributed by atoms with Gasteiger partial charge in [0.25, 0.3) is 17.1 Å². The number of benzene rings is 1. The lowest BCUT2D eigenvalue weighted by Gasteiger charge is -2.16. The summed E-state index contributed by atoms with van der Waals surface area (Å²) < 4.78 is 8.43. The molecule has 1 atom stereocenters. The van der Waals surface area contributed by atoms with Crippen molar-refractivity contribution in [1.82, 2.24) is 14.7 Å². The molecule has 3 heterocycles. The second-order valence-electron chi connectivity index (χ2n) is 8.09. The van der Waals surface area contributed by atoms with Gasteiger partial charge >= 0.3 is 0 Å². The van der Waals surface area contributed by atoms with E-state index in [9.17, 15) is 9.59 Å². The Kier molecular flexibility index (Phi) is 6.37. The maximum Gasteiger partial charge on any atom is 0.278 e. The van der Waals surface area contributed by atoms with E-state index in [1.807, 2.05) is 50.2 Å². The zero-order valence-corrected chi connectivity index (χ0v) is 19.0. The topological polar surface area (TPSA) is 103 Å². The van der Waals surface area contributed by atoms with Crippen LogP contribution in [0.3, 0.4) is 0 Å². The zero-order chi connectivity index (χ0) is 23.5. The van der Waals surface area contributed by atoms with Gasteiger partial charge < -0.3 is 15.8 Å². The molecule has 0 saturated heterocycles. The van der Waals surface area contributed by atoms with Gasteiger partial charge in [-0.15, -0.1) is 0 Å². The fourth-order valence-corrected chi connectivity index (χ4v) is 3.98. The summed E-state index contributed by atoms with van der Waals surface area (Å²) in [4.78, 5) is 31.4. The summed E-state index contributed by atoms with van der Waals surface area (Å²) in [5.74, 6) is -0.0822. The van der Waals surface area contributed by atoms with Crippen LogP contribution in [0.4, 0.5) is 5.82 Å². The largest absolute Gasteiger partial charge is 0.385 e. The van der Waals surface area contributed by atoms with Crippen LogP contribution in [0.5, 0.6) is 0 Å². The van der Waals surface area contributed by atoms with Crippen molar-refractivity contribution < 1.29 is 14.1 Å². The fourth-order valence-electron chi connectivity index (χ4n) is 3.98. The molecule has 0 unspecified atom stereocenters. The van der Waals surface area contributed by atoms with Crippen molar-refractivity contribution in [3.8, 4) is 0 Å². The Hall–Kier alpha value is -3.78. The number of nitrogens with two attached hydrogens (primary N) is 1. The average Bonchev–Trinajstić information content (AvgIpc) is 2.82. The molecule has 0 radical (unpaired) electrons. The highest BCUT2D eigenvalue weighted by molar-refractivity contribution is 6.00. The molecule has 3 N–H and O–H groups in total. The molecule has 4 rings (SSSR count). The van der Waals surface area contributed by atoms with Gasteiger partial charge in [0.2, 0.25) is 11.5 Å². The van der Waals surface area contributed by atoms with Gasteiger partial charge in [0.05, 0.1) is 12.6 Å². The van der Waals surface area contributed by atoms with Crippen LogP contribution in [0.15, 0.2) is 59.5 Å². The summed E-state index contributed by atoms with van der Waals surface area (Å²) in [6, 6.07) is 14.7. The molecule has 4 aromatic rings. The third kappa shape index (κ3) is 4.29. The van der Waals surface area contributed by atoms with Gasteiger partial charge in [-0.1, -0.05) is 41.4 Å². The maximum atomic E-state index is 13.4. The SMILES string of the molecule is COCCC[n+]1c(N)c(C(=O)N[C@@H](C)c2ccccc2)cc2c(=O)n3cccc(C)c3nc21. The number of nitrogens with zero attached hydrogens (tertiary/aromatic N) is 3. The molecule has 0 aliphatic carbocycles.